The summed E-state index contributed by atoms with van der Waals surface area (Å²) in [6, 6.07) is 5.62. The van der Waals surface area contributed by atoms with Crippen LogP contribution in [0.25, 0.3) is 0 Å². The standard InChI is InChI=1S/C15H19FN2O3/c16-6-12-3-4-18(8-12)9-15(19)17-7-11-1-2-13-14(5-11)21-10-20-13/h1-2,5,12H,3-4,6-10H2,(H,17,19). The summed E-state index contributed by atoms with van der Waals surface area (Å²) in [5.74, 6) is 1.50. The van der Waals surface area contributed by atoms with Crippen LogP contribution in [-0.2, 0) is 11.3 Å². The molecule has 1 unspecified atom stereocenters. The summed E-state index contributed by atoms with van der Waals surface area (Å²) < 4.78 is 23.1. The maximum absolute atomic E-state index is 12.5. The predicted octanol–water partition coefficient (Wildman–Crippen LogP) is 1.32. The molecule has 21 heavy (non-hydrogen) atoms. The van der Waals surface area contributed by atoms with Gasteiger partial charge in [-0.25, -0.2) is 0 Å². The number of halogens is 1. The molecule has 0 aromatic heterocycles. The summed E-state index contributed by atoms with van der Waals surface area (Å²) in [7, 11) is 0. The minimum Gasteiger partial charge on any atom is -0.454 e. The van der Waals surface area contributed by atoms with E-state index in [0.717, 1.165) is 24.3 Å². The molecular weight excluding hydrogens is 275 g/mol. The first-order valence-electron chi connectivity index (χ1n) is 7.18. The fourth-order valence-corrected chi connectivity index (χ4v) is 2.69. The first-order chi connectivity index (χ1) is 10.2. The number of benzene rings is 1. The van der Waals surface area contributed by atoms with Crippen molar-refractivity contribution in [2.45, 2.75) is 13.0 Å². The average molecular weight is 294 g/mol. The Morgan fingerprint density at radius 2 is 2.24 bits per heavy atom. The van der Waals surface area contributed by atoms with Gasteiger partial charge in [0.25, 0.3) is 0 Å². The van der Waals surface area contributed by atoms with E-state index in [-0.39, 0.29) is 25.3 Å². The van der Waals surface area contributed by atoms with Crippen molar-refractivity contribution < 1.29 is 18.7 Å². The van der Waals surface area contributed by atoms with Gasteiger partial charge in [-0.2, -0.15) is 0 Å². The Kier molecular flexibility index (Phi) is 4.24. The second-order valence-corrected chi connectivity index (χ2v) is 5.51. The van der Waals surface area contributed by atoms with Crippen molar-refractivity contribution in [2.24, 2.45) is 5.92 Å². The lowest BCUT2D eigenvalue weighted by atomic mass is 10.1. The molecule has 114 valence electrons. The minimum absolute atomic E-state index is 0.0350. The number of nitrogens with one attached hydrogen (secondary N) is 1. The molecule has 5 nitrogen and oxygen atoms in total. The summed E-state index contributed by atoms with van der Waals surface area (Å²) in [4.78, 5) is 13.9. The average Bonchev–Trinajstić information content (AvgIpc) is 3.13. The number of hydrogen-bond donors (Lipinski definition) is 1. The molecular formula is C15H19FN2O3. The number of ether oxygens (including phenoxy) is 2. The number of amides is 1. The molecule has 1 amide bonds. The zero-order valence-corrected chi connectivity index (χ0v) is 11.8. The van der Waals surface area contributed by atoms with Gasteiger partial charge in [0.2, 0.25) is 12.7 Å². The highest BCUT2D eigenvalue weighted by Gasteiger charge is 2.23. The van der Waals surface area contributed by atoms with Crippen LogP contribution in [0.4, 0.5) is 4.39 Å². The maximum Gasteiger partial charge on any atom is 0.234 e. The van der Waals surface area contributed by atoms with E-state index >= 15 is 0 Å². The van der Waals surface area contributed by atoms with E-state index in [0.29, 0.717) is 25.4 Å². The van der Waals surface area contributed by atoms with Crippen LogP contribution in [0.1, 0.15) is 12.0 Å². The monoisotopic (exact) mass is 294 g/mol. The second kappa shape index (κ2) is 6.30. The summed E-state index contributed by atoms with van der Waals surface area (Å²) in [5.41, 5.74) is 0.968. The van der Waals surface area contributed by atoms with Gasteiger partial charge >= 0.3 is 0 Å². The van der Waals surface area contributed by atoms with Crippen molar-refractivity contribution >= 4 is 5.91 Å². The fraction of sp³-hybridized carbons (Fsp3) is 0.533. The Bertz CT molecular complexity index is 524. The summed E-state index contributed by atoms with van der Waals surface area (Å²) in [5, 5.41) is 2.88. The quantitative estimate of drug-likeness (QED) is 0.890. The van der Waals surface area contributed by atoms with E-state index in [9.17, 15) is 9.18 Å². The number of rotatable bonds is 5. The molecule has 1 aromatic carbocycles. The van der Waals surface area contributed by atoms with E-state index in [1.807, 2.05) is 23.1 Å². The van der Waals surface area contributed by atoms with Crippen molar-refractivity contribution in [3.05, 3.63) is 23.8 Å². The third-order valence-electron chi connectivity index (χ3n) is 3.88. The lowest BCUT2D eigenvalue weighted by molar-refractivity contribution is -0.122. The van der Waals surface area contributed by atoms with Gasteiger partial charge in [-0.05, 0) is 30.7 Å². The number of alkyl halides is 1. The molecule has 2 heterocycles. The molecule has 0 spiro atoms. The van der Waals surface area contributed by atoms with Crippen LogP contribution in [-0.4, -0.2) is 43.9 Å². The molecule has 0 saturated carbocycles. The van der Waals surface area contributed by atoms with Crippen LogP contribution in [0.3, 0.4) is 0 Å². The number of likely N-dealkylation sites (tertiary alicyclic amines) is 1. The highest BCUT2D eigenvalue weighted by molar-refractivity contribution is 5.78. The van der Waals surface area contributed by atoms with Gasteiger partial charge in [-0.15, -0.1) is 0 Å². The summed E-state index contributed by atoms with van der Waals surface area (Å²) in [6.45, 7) is 2.21. The van der Waals surface area contributed by atoms with E-state index in [2.05, 4.69) is 5.32 Å². The molecule has 1 fully saturated rings. The Morgan fingerprint density at radius 3 is 3.05 bits per heavy atom. The first-order valence-corrected chi connectivity index (χ1v) is 7.18. The SMILES string of the molecule is O=C(CN1CCC(CF)C1)NCc1ccc2c(c1)OCO2. The van der Waals surface area contributed by atoms with Gasteiger partial charge in [0.1, 0.15) is 0 Å². The van der Waals surface area contributed by atoms with Crippen LogP contribution >= 0.6 is 0 Å². The smallest absolute Gasteiger partial charge is 0.234 e. The van der Waals surface area contributed by atoms with Crippen molar-refractivity contribution in [3.63, 3.8) is 0 Å². The van der Waals surface area contributed by atoms with Crippen LogP contribution in [0.15, 0.2) is 18.2 Å². The lowest BCUT2D eigenvalue weighted by Crippen LogP contribution is -2.35. The highest BCUT2D eigenvalue weighted by atomic mass is 19.1. The lowest BCUT2D eigenvalue weighted by Gasteiger charge is -2.15. The first kappa shape index (κ1) is 14.1. The molecule has 0 bridgehead atoms. The van der Waals surface area contributed by atoms with Gasteiger partial charge in [0.05, 0.1) is 13.2 Å². The van der Waals surface area contributed by atoms with Crippen LogP contribution in [0, 0.1) is 5.92 Å². The number of hydrogen-bond acceptors (Lipinski definition) is 4. The van der Waals surface area contributed by atoms with Gasteiger partial charge in [-0.1, -0.05) is 6.07 Å². The van der Waals surface area contributed by atoms with E-state index < -0.39 is 0 Å². The molecule has 2 aliphatic heterocycles. The third-order valence-corrected chi connectivity index (χ3v) is 3.88. The number of carbonyl (C=O) groups is 1. The maximum atomic E-state index is 12.5. The topological polar surface area (TPSA) is 50.8 Å². The highest BCUT2D eigenvalue weighted by Crippen LogP contribution is 2.32. The molecule has 2 aliphatic rings. The minimum atomic E-state index is -0.296. The van der Waals surface area contributed by atoms with Crippen molar-refractivity contribution in [3.8, 4) is 11.5 Å². The summed E-state index contributed by atoms with van der Waals surface area (Å²) >= 11 is 0. The number of carbonyl (C=O) groups excluding carboxylic acids is 1. The molecule has 0 radical (unpaired) electrons. The number of fused-ring (bicyclic) bond motifs is 1. The van der Waals surface area contributed by atoms with Crippen molar-refractivity contribution in [1.82, 2.24) is 10.2 Å². The van der Waals surface area contributed by atoms with Crippen LogP contribution in [0.2, 0.25) is 0 Å². The molecule has 1 atom stereocenters. The molecule has 1 N–H and O–H groups in total. The molecule has 0 aliphatic carbocycles. The Balaban J connectivity index is 1.45. The summed E-state index contributed by atoms with van der Waals surface area (Å²) in [6.07, 6.45) is 0.839. The van der Waals surface area contributed by atoms with Gasteiger partial charge in [0.15, 0.2) is 11.5 Å². The Labute approximate surface area is 123 Å². The van der Waals surface area contributed by atoms with Crippen LogP contribution in [0.5, 0.6) is 11.5 Å². The van der Waals surface area contributed by atoms with E-state index in [1.54, 1.807) is 0 Å². The zero-order chi connectivity index (χ0) is 14.7. The molecule has 1 saturated heterocycles. The largest absolute Gasteiger partial charge is 0.454 e. The van der Waals surface area contributed by atoms with E-state index in [1.165, 1.54) is 0 Å². The third kappa shape index (κ3) is 3.44. The molecule has 6 heteroatoms. The van der Waals surface area contributed by atoms with Crippen molar-refractivity contribution in [2.75, 3.05) is 33.1 Å². The second-order valence-electron chi connectivity index (χ2n) is 5.51. The predicted molar refractivity (Wildman–Crippen MR) is 74.9 cm³/mol. The molecule has 3 rings (SSSR count). The zero-order valence-electron chi connectivity index (χ0n) is 11.8. The van der Waals surface area contributed by atoms with Crippen LogP contribution < -0.4 is 14.8 Å². The molecule has 1 aromatic rings. The Morgan fingerprint density at radius 1 is 1.38 bits per heavy atom. The van der Waals surface area contributed by atoms with Gasteiger partial charge in [-0.3, -0.25) is 14.1 Å². The van der Waals surface area contributed by atoms with E-state index in [4.69, 9.17) is 9.47 Å². The van der Waals surface area contributed by atoms with Crippen molar-refractivity contribution in [1.29, 1.82) is 0 Å². The fourth-order valence-electron chi connectivity index (χ4n) is 2.69. The Hall–Kier alpha value is -1.82. The van der Waals surface area contributed by atoms with Gasteiger partial charge in [0, 0.05) is 19.0 Å². The number of nitrogens with zero attached hydrogens (tertiary/aromatic N) is 1. The van der Waals surface area contributed by atoms with Gasteiger partial charge < -0.3 is 14.8 Å². The normalized spacial score (nSPS) is 20.7.